The molecule has 0 aliphatic carbocycles. The van der Waals surface area contributed by atoms with Crippen molar-refractivity contribution in [2.45, 2.75) is 13.3 Å². The third-order valence-electron chi connectivity index (χ3n) is 2.02. The number of nitrogens with zero attached hydrogens (tertiary/aromatic N) is 3. The van der Waals surface area contributed by atoms with Crippen LogP contribution in [0.4, 0.5) is 4.39 Å². The van der Waals surface area contributed by atoms with Crippen molar-refractivity contribution in [3.63, 3.8) is 0 Å². The van der Waals surface area contributed by atoms with Crippen molar-refractivity contribution in [2.24, 2.45) is 0 Å². The lowest BCUT2D eigenvalue weighted by atomic mass is 10.2. The fourth-order valence-corrected chi connectivity index (χ4v) is 1.28. The second-order valence-electron chi connectivity index (χ2n) is 3.10. The third-order valence-corrected chi connectivity index (χ3v) is 2.02. The van der Waals surface area contributed by atoms with Gasteiger partial charge in [-0.25, -0.2) is 14.4 Å². The molecule has 0 fully saturated rings. The van der Waals surface area contributed by atoms with Crippen LogP contribution in [0.5, 0.6) is 0 Å². The van der Waals surface area contributed by atoms with Gasteiger partial charge in [0, 0.05) is 24.4 Å². The van der Waals surface area contributed by atoms with Crippen molar-refractivity contribution in [3.05, 3.63) is 42.4 Å². The first kappa shape index (κ1) is 9.71. The molecule has 15 heavy (non-hydrogen) atoms. The Morgan fingerprint density at radius 3 is 2.93 bits per heavy atom. The van der Waals surface area contributed by atoms with E-state index >= 15 is 0 Å². The number of rotatable bonds is 2. The minimum absolute atomic E-state index is 0.357. The van der Waals surface area contributed by atoms with E-state index in [0.717, 1.165) is 12.2 Å². The fourth-order valence-electron chi connectivity index (χ4n) is 1.28. The molecule has 0 radical (unpaired) electrons. The molecule has 76 valence electrons. The molecular weight excluding hydrogens is 193 g/mol. The Labute approximate surface area is 87.0 Å². The van der Waals surface area contributed by atoms with E-state index in [-0.39, 0.29) is 5.82 Å². The summed E-state index contributed by atoms with van der Waals surface area (Å²) in [5.41, 5.74) is 1.38. The molecule has 0 unspecified atom stereocenters. The summed E-state index contributed by atoms with van der Waals surface area (Å²) in [6.45, 7) is 1.98. The maximum absolute atomic E-state index is 12.9. The summed E-state index contributed by atoms with van der Waals surface area (Å²) >= 11 is 0. The number of halogens is 1. The second kappa shape index (κ2) is 4.13. The lowest BCUT2D eigenvalue weighted by molar-refractivity contribution is 0.622. The molecule has 0 aromatic carbocycles. The molecule has 3 nitrogen and oxygen atoms in total. The van der Waals surface area contributed by atoms with Gasteiger partial charge in [-0.3, -0.25) is 4.98 Å². The molecule has 2 aromatic rings. The second-order valence-corrected chi connectivity index (χ2v) is 3.10. The lowest BCUT2D eigenvalue weighted by Crippen LogP contribution is -1.94. The summed E-state index contributed by atoms with van der Waals surface area (Å²) in [6, 6.07) is 3.16. The Morgan fingerprint density at radius 1 is 1.33 bits per heavy atom. The Balaban J connectivity index is 2.44. The van der Waals surface area contributed by atoms with E-state index in [1.165, 1.54) is 12.3 Å². The van der Waals surface area contributed by atoms with Crippen LogP contribution >= 0.6 is 0 Å². The Hall–Kier alpha value is -1.84. The number of pyridine rings is 1. The maximum Gasteiger partial charge on any atom is 0.142 e. The predicted molar refractivity (Wildman–Crippen MR) is 54.6 cm³/mol. The number of hydrogen-bond acceptors (Lipinski definition) is 3. The zero-order chi connectivity index (χ0) is 10.7. The van der Waals surface area contributed by atoms with Crippen LogP contribution in [0.15, 0.2) is 30.7 Å². The Kier molecular flexibility index (Phi) is 2.67. The van der Waals surface area contributed by atoms with E-state index < -0.39 is 0 Å². The standard InChI is InChI=1S/C11H10FN3/c1-2-11-14-4-3-10(15-11)8-5-9(12)7-13-6-8/h3-7H,2H2,1H3. The van der Waals surface area contributed by atoms with Crippen LogP contribution in [0.25, 0.3) is 11.3 Å². The average molecular weight is 203 g/mol. The van der Waals surface area contributed by atoms with Gasteiger partial charge in [-0.2, -0.15) is 0 Å². The van der Waals surface area contributed by atoms with Gasteiger partial charge < -0.3 is 0 Å². The van der Waals surface area contributed by atoms with Gasteiger partial charge in [-0.15, -0.1) is 0 Å². The average Bonchev–Trinajstić information content (AvgIpc) is 2.29. The van der Waals surface area contributed by atoms with Crippen LogP contribution in [0.1, 0.15) is 12.7 Å². The molecule has 0 N–H and O–H groups in total. The number of aryl methyl sites for hydroxylation is 1. The van der Waals surface area contributed by atoms with Crippen molar-refractivity contribution in [3.8, 4) is 11.3 Å². The van der Waals surface area contributed by atoms with Crippen molar-refractivity contribution < 1.29 is 4.39 Å². The molecule has 0 saturated carbocycles. The van der Waals surface area contributed by atoms with E-state index in [2.05, 4.69) is 15.0 Å². The summed E-state index contributed by atoms with van der Waals surface area (Å²) in [7, 11) is 0. The smallest absolute Gasteiger partial charge is 0.142 e. The zero-order valence-corrected chi connectivity index (χ0v) is 8.31. The van der Waals surface area contributed by atoms with E-state index in [0.29, 0.717) is 11.3 Å². The van der Waals surface area contributed by atoms with Crippen LogP contribution in [-0.4, -0.2) is 15.0 Å². The van der Waals surface area contributed by atoms with E-state index in [1.54, 1.807) is 18.5 Å². The largest absolute Gasteiger partial charge is 0.261 e. The van der Waals surface area contributed by atoms with Gasteiger partial charge in [-0.05, 0) is 12.1 Å². The van der Waals surface area contributed by atoms with Gasteiger partial charge >= 0.3 is 0 Å². The molecule has 0 spiro atoms. The van der Waals surface area contributed by atoms with Gasteiger partial charge in [0.15, 0.2) is 0 Å². The van der Waals surface area contributed by atoms with Crippen molar-refractivity contribution in [1.82, 2.24) is 15.0 Å². The van der Waals surface area contributed by atoms with Gasteiger partial charge in [-0.1, -0.05) is 6.92 Å². The molecular formula is C11H10FN3. The van der Waals surface area contributed by atoms with Gasteiger partial charge in [0.2, 0.25) is 0 Å². The molecule has 0 bridgehead atoms. The summed E-state index contributed by atoms with van der Waals surface area (Å²) in [6.07, 6.45) is 5.19. The highest BCUT2D eigenvalue weighted by atomic mass is 19.1. The molecule has 0 aliphatic rings. The van der Waals surface area contributed by atoms with Crippen molar-refractivity contribution >= 4 is 0 Å². The summed E-state index contributed by atoms with van der Waals surface area (Å²) in [4.78, 5) is 12.1. The van der Waals surface area contributed by atoms with Crippen LogP contribution in [-0.2, 0) is 6.42 Å². The van der Waals surface area contributed by atoms with Gasteiger partial charge in [0.25, 0.3) is 0 Å². The van der Waals surface area contributed by atoms with Crippen LogP contribution in [0.3, 0.4) is 0 Å². The molecule has 2 rings (SSSR count). The monoisotopic (exact) mass is 203 g/mol. The molecule has 0 amide bonds. The van der Waals surface area contributed by atoms with Crippen LogP contribution in [0.2, 0.25) is 0 Å². The van der Waals surface area contributed by atoms with Gasteiger partial charge in [0.05, 0.1) is 11.9 Å². The Morgan fingerprint density at radius 2 is 2.20 bits per heavy atom. The van der Waals surface area contributed by atoms with E-state index in [1.807, 2.05) is 6.92 Å². The zero-order valence-electron chi connectivity index (χ0n) is 8.31. The topological polar surface area (TPSA) is 38.7 Å². The highest BCUT2D eigenvalue weighted by Crippen LogP contribution is 2.15. The first-order valence-corrected chi connectivity index (χ1v) is 4.72. The molecule has 2 heterocycles. The highest BCUT2D eigenvalue weighted by molar-refractivity contribution is 5.57. The number of hydrogen-bond donors (Lipinski definition) is 0. The SMILES string of the molecule is CCc1nccc(-c2cncc(F)c2)n1. The van der Waals surface area contributed by atoms with Crippen LogP contribution < -0.4 is 0 Å². The minimum atomic E-state index is -0.357. The minimum Gasteiger partial charge on any atom is -0.261 e. The summed E-state index contributed by atoms with van der Waals surface area (Å²) in [5.74, 6) is 0.390. The first-order valence-electron chi connectivity index (χ1n) is 4.72. The third kappa shape index (κ3) is 2.15. The molecule has 4 heteroatoms. The van der Waals surface area contributed by atoms with E-state index in [9.17, 15) is 4.39 Å². The quantitative estimate of drug-likeness (QED) is 0.751. The number of aromatic nitrogens is 3. The van der Waals surface area contributed by atoms with Crippen LogP contribution in [0, 0.1) is 5.82 Å². The lowest BCUT2D eigenvalue weighted by Gasteiger charge is -2.01. The molecule has 0 atom stereocenters. The summed E-state index contributed by atoms with van der Waals surface area (Å²) in [5, 5.41) is 0. The maximum atomic E-state index is 12.9. The fraction of sp³-hybridized carbons (Fsp3) is 0.182. The van der Waals surface area contributed by atoms with Crippen molar-refractivity contribution in [1.29, 1.82) is 0 Å². The van der Waals surface area contributed by atoms with E-state index in [4.69, 9.17) is 0 Å². The summed E-state index contributed by atoms with van der Waals surface area (Å²) < 4.78 is 12.9. The predicted octanol–water partition coefficient (Wildman–Crippen LogP) is 2.24. The van der Waals surface area contributed by atoms with Crippen molar-refractivity contribution in [2.75, 3.05) is 0 Å². The first-order chi connectivity index (χ1) is 7.29. The van der Waals surface area contributed by atoms with Gasteiger partial charge in [0.1, 0.15) is 11.6 Å². The normalized spacial score (nSPS) is 10.3. The Bertz CT molecular complexity index is 471. The highest BCUT2D eigenvalue weighted by Gasteiger charge is 2.02. The molecule has 0 aliphatic heterocycles. The molecule has 2 aromatic heterocycles. The molecule has 0 saturated heterocycles.